The molecule has 0 bridgehead atoms. The van der Waals surface area contributed by atoms with Crippen molar-refractivity contribution in [2.45, 2.75) is 59.1 Å². The van der Waals surface area contributed by atoms with Crippen molar-refractivity contribution in [2.24, 2.45) is 11.3 Å². The molecule has 1 aromatic carbocycles. The molecular formula is C28H36N3O9PS. The van der Waals surface area contributed by atoms with Gasteiger partial charge in [0.15, 0.2) is 0 Å². The molecule has 2 aromatic heterocycles. The van der Waals surface area contributed by atoms with Crippen LogP contribution in [0.5, 0.6) is 5.75 Å². The van der Waals surface area contributed by atoms with Crippen molar-refractivity contribution < 1.29 is 33.0 Å². The third-order valence-electron chi connectivity index (χ3n) is 6.46. The lowest BCUT2D eigenvalue weighted by atomic mass is 9.99. The Bertz CT molecular complexity index is 1510. The second-order valence-electron chi connectivity index (χ2n) is 11.3. The van der Waals surface area contributed by atoms with Crippen molar-refractivity contribution in [3.05, 3.63) is 74.9 Å². The minimum atomic E-state index is -4.25. The van der Waals surface area contributed by atoms with Crippen molar-refractivity contribution in [3.8, 4) is 16.2 Å². The highest BCUT2D eigenvalue weighted by Gasteiger charge is 2.44. The van der Waals surface area contributed by atoms with Gasteiger partial charge in [-0.1, -0.05) is 33.8 Å². The van der Waals surface area contributed by atoms with Crippen molar-refractivity contribution in [1.82, 2.24) is 14.6 Å². The molecule has 14 heteroatoms. The highest BCUT2D eigenvalue weighted by molar-refractivity contribution is 7.52. The number of esters is 1. The zero-order chi connectivity index (χ0) is 30.7. The van der Waals surface area contributed by atoms with E-state index >= 15 is 0 Å². The van der Waals surface area contributed by atoms with Crippen LogP contribution in [0.1, 0.15) is 40.8 Å². The molecular weight excluding hydrogens is 585 g/mol. The fourth-order valence-corrected chi connectivity index (χ4v) is 6.44. The summed E-state index contributed by atoms with van der Waals surface area (Å²) in [4.78, 5) is 39.6. The molecule has 12 nitrogen and oxygen atoms in total. The number of carbonyl (C=O) groups is 1. The van der Waals surface area contributed by atoms with Crippen molar-refractivity contribution >= 4 is 25.1 Å². The van der Waals surface area contributed by atoms with Gasteiger partial charge in [-0.05, 0) is 53.6 Å². The molecule has 3 N–H and O–H groups in total. The van der Waals surface area contributed by atoms with Gasteiger partial charge in [0, 0.05) is 23.1 Å². The lowest BCUT2D eigenvalue weighted by Gasteiger charge is -2.25. The smallest absolute Gasteiger partial charge is 0.459 e. The maximum atomic E-state index is 14.0. The van der Waals surface area contributed by atoms with Crippen LogP contribution in [0.25, 0.3) is 10.4 Å². The van der Waals surface area contributed by atoms with Gasteiger partial charge in [-0.3, -0.25) is 23.7 Å². The van der Waals surface area contributed by atoms with Crippen LogP contribution in [0.4, 0.5) is 0 Å². The largest absolute Gasteiger partial charge is 0.464 e. The number of thiophene rings is 1. The fourth-order valence-electron chi connectivity index (χ4n) is 4.20. The molecule has 0 spiro atoms. The first-order valence-electron chi connectivity index (χ1n) is 13.4. The molecule has 1 aliphatic heterocycles. The minimum absolute atomic E-state index is 0.152. The molecule has 3 aromatic rings. The summed E-state index contributed by atoms with van der Waals surface area (Å²) in [7, 11) is -4.25. The number of benzene rings is 1. The molecule has 2 unspecified atom stereocenters. The summed E-state index contributed by atoms with van der Waals surface area (Å²) in [5.74, 6) is -0.999. The quantitative estimate of drug-likeness (QED) is 0.212. The van der Waals surface area contributed by atoms with Crippen molar-refractivity contribution in [2.75, 3.05) is 13.2 Å². The van der Waals surface area contributed by atoms with Gasteiger partial charge in [0.1, 0.15) is 24.1 Å². The summed E-state index contributed by atoms with van der Waals surface area (Å²) < 4.78 is 37.9. The Morgan fingerprint density at radius 1 is 1.21 bits per heavy atom. The molecule has 1 aliphatic rings. The Balaban J connectivity index is 1.50. The average Bonchev–Trinajstić information content (AvgIpc) is 3.55. The summed E-state index contributed by atoms with van der Waals surface area (Å²) in [6.07, 6.45) is -1.76. The van der Waals surface area contributed by atoms with Crippen LogP contribution in [0.15, 0.2) is 63.6 Å². The minimum Gasteiger partial charge on any atom is -0.464 e. The second-order valence-corrected chi connectivity index (χ2v) is 14.0. The van der Waals surface area contributed by atoms with Gasteiger partial charge in [-0.25, -0.2) is 9.36 Å². The second kappa shape index (κ2) is 13.1. The van der Waals surface area contributed by atoms with Gasteiger partial charge in [-0.15, -0.1) is 11.3 Å². The summed E-state index contributed by atoms with van der Waals surface area (Å²) >= 11 is 1.58. The Morgan fingerprint density at radius 2 is 1.93 bits per heavy atom. The molecule has 0 radical (unpaired) electrons. The number of nitrogens with zero attached hydrogens (tertiary/aromatic N) is 1. The molecule has 3 heterocycles. The van der Waals surface area contributed by atoms with Gasteiger partial charge >= 0.3 is 19.4 Å². The summed E-state index contributed by atoms with van der Waals surface area (Å²) in [6.45, 7) is 8.64. The Labute approximate surface area is 247 Å². The summed E-state index contributed by atoms with van der Waals surface area (Å²) in [6, 6.07) is 10.9. The highest BCUT2D eigenvalue weighted by atomic mass is 32.1. The SMILES string of the molecule is C[C@H]1[C@H](O)C(COP(=O)(N[C@@H](C)C(=O)OCC(C)(C)C)Oc2ccc(-c3cccs3)cc2)O[C@H]1n1ccc(=O)[nH]c1=O. The van der Waals surface area contributed by atoms with E-state index in [1.54, 1.807) is 30.4 Å². The Hall–Kier alpha value is -3.06. The standard InChI is InChI=1S/C28H36N3O9PS/c1-17-24(33)21(39-25(17)31-13-12-23(32)29-27(31)35)15-38-41(36,30-18(2)26(34)37-16-28(3,4)5)40-20-10-8-19(9-11-20)22-7-6-14-42-22/h6-14,17-18,21,24-25,33H,15-16H2,1-5H3,(H,30,36)(H,29,32,35)/t17-,18-,21?,24-,25+,41?/m0/s1. The van der Waals surface area contributed by atoms with E-state index in [9.17, 15) is 24.1 Å². The van der Waals surface area contributed by atoms with Gasteiger partial charge in [0.25, 0.3) is 5.56 Å². The van der Waals surface area contributed by atoms with Crippen LogP contribution in [0, 0.1) is 11.3 Å². The van der Waals surface area contributed by atoms with Gasteiger partial charge < -0.3 is 19.1 Å². The number of aromatic amines is 1. The monoisotopic (exact) mass is 621 g/mol. The van der Waals surface area contributed by atoms with E-state index < -0.39 is 62.0 Å². The zero-order valence-electron chi connectivity index (χ0n) is 24.0. The van der Waals surface area contributed by atoms with E-state index in [-0.39, 0.29) is 17.8 Å². The number of hydrogen-bond donors (Lipinski definition) is 3. The zero-order valence-corrected chi connectivity index (χ0v) is 25.7. The van der Waals surface area contributed by atoms with Crippen LogP contribution < -0.4 is 20.9 Å². The number of aliphatic hydroxyl groups is 1. The molecule has 0 amide bonds. The molecule has 1 fully saturated rings. The molecule has 42 heavy (non-hydrogen) atoms. The molecule has 1 saturated heterocycles. The number of aliphatic hydroxyl groups excluding tert-OH is 1. The fraction of sp³-hybridized carbons (Fsp3) is 0.464. The van der Waals surface area contributed by atoms with E-state index in [1.165, 1.54) is 19.2 Å². The lowest BCUT2D eigenvalue weighted by molar-refractivity contribution is -0.148. The van der Waals surface area contributed by atoms with E-state index in [1.807, 2.05) is 50.4 Å². The molecule has 0 saturated carbocycles. The predicted molar refractivity (Wildman–Crippen MR) is 157 cm³/mol. The lowest BCUT2D eigenvalue weighted by Crippen LogP contribution is -2.37. The molecule has 6 atom stereocenters. The topological polar surface area (TPSA) is 158 Å². The molecule has 4 rings (SSSR count). The number of rotatable bonds is 11. The molecule has 0 aliphatic carbocycles. The Morgan fingerprint density at radius 3 is 2.55 bits per heavy atom. The number of aromatic nitrogens is 2. The first-order chi connectivity index (χ1) is 19.7. The van der Waals surface area contributed by atoms with E-state index in [0.717, 1.165) is 15.0 Å². The molecule has 228 valence electrons. The first kappa shape index (κ1) is 31.9. The van der Waals surface area contributed by atoms with Crippen LogP contribution >= 0.6 is 19.1 Å². The van der Waals surface area contributed by atoms with E-state index in [4.69, 9.17) is 18.5 Å². The third-order valence-corrected chi connectivity index (χ3v) is 9.02. The Kier molecular flexibility index (Phi) is 9.92. The van der Waals surface area contributed by atoms with Crippen LogP contribution in [0.2, 0.25) is 0 Å². The predicted octanol–water partition coefficient (Wildman–Crippen LogP) is 3.93. The van der Waals surface area contributed by atoms with Gasteiger partial charge in [-0.2, -0.15) is 5.09 Å². The number of ether oxygens (including phenoxy) is 2. The summed E-state index contributed by atoms with van der Waals surface area (Å²) in [5.41, 5.74) is -0.588. The first-order valence-corrected chi connectivity index (χ1v) is 15.8. The maximum Gasteiger partial charge on any atom is 0.459 e. The maximum absolute atomic E-state index is 14.0. The van der Waals surface area contributed by atoms with Gasteiger partial charge in [0.2, 0.25) is 0 Å². The summed E-state index contributed by atoms with van der Waals surface area (Å²) in [5, 5.41) is 15.4. The van der Waals surface area contributed by atoms with Crippen LogP contribution in [0.3, 0.4) is 0 Å². The van der Waals surface area contributed by atoms with Crippen LogP contribution in [-0.2, 0) is 23.4 Å². The van der Waals surface area contributed by atoms with E-state index in [2.05, 4.69) is 10.1 Å². The number of H-pyrrole nitrogens is 1. The van der Waals surface area contributed by atoms with Crippen molar-refractivity contribution in [3.63, 3.8) is 0 Å². The number of nitrogens with one attached hydrogen (secondary N) is 2. The van der Waals surface area contributed by atoms with Gasteiger partial charge in [0.05, 0.1) is 19.3 Å². The normalized spacial score (nSPS) is 22.8. The number of hydrogen-bond acceptors (Lipinski definition) is 10. The third kappa shape index (κ3) is 8.06. The van der Waals surface area contributed by atoms with E-state index in [0.29, 0.717) is 0 Å². The van der Waals surface area contributed by atoms with Crippen molar-refractivity contribution in [1.29, 1.82) is 0 Å². The highest BCUT2D eigenvalue weighted by Crippen LogP contribution is 2.46. The average molecular weight is 622 g/mol. The van der Waals surface area contributed by atoms with Crippen LogP contribution in [-0.4, -0.2) is 52.1 Å². The number of carbonyl (C=O) groups excluding carboxylic acids is 1.